The summed E-state index contributed by atoms with van der Waals surface area (Å²) in [6, 6.07) is 1.72. The number of hydrogen-bond donors (Lipinski definition) is 2. The zero-order chi connectivity index (χ0) is 14.6. The first-order valence-corrected chi connectivity index (χ1v) is 5.92. The molecular formula is C13H16F2N2O2. The van der Waals surface area contributed by atoms with E-state index in [1.165, 1.54) is 0 Å². The number of amides is 2. The minimum atomic E-state index is -0.982. The van der Waals surface area contributed by atoms with Crippen LogP contribution < -0.4 is 11.1 Å². The van der Waals surface area contributed by atoms with E-state index in [0.29, 0.717) is 12.5 Å². The van der Waals surface area contributed by atoms with Crippen molar-refractivity contribution in [3.63, 3.8) is 0 Å². The van der Waals surface area contributed by atoms with Crippen LogP contribution in [0.4, 0.5) is 8.78 Å². The number of hydrogen-bond acceptors (Lipinski definition) is 2. The van der Waals surface area contributed by atoms with Crippen molar-refractivity contribution in [3.05, 3.63) is 35.4 Å². The number of nitrogens with two attached hydrogens (primary N) is 1. The Balaban J connectivity index is 2.91. The van der Waals surface area contributed by atoms with Gasteiger partial charge in [0.15, 0.2) is 0 Å². The second-order valence-electron chi connectivity index (χ2n) is 4.36. The lowest BCUT2D eigenvalue weighted by Crippen LogP contribution is -2.48. The summed E-state index contributed by atoms with van der Waals surface area (Å²) in [5.74, 6) is -3.41. The summed E-state index contributed by atoms with van der Waals surface area (Å²) in [4.78, 5) is 23.1. The van der Waals surface area contributed by atoms with Crippen molar-refractivity contribution in [1.29, 1.82) is 0 Å². The molecule has 2 atom stereocenters. The number of primary amides is 1. The van der Waals surface area contributed by atoms with E-state index in [4.69, 9.17) is 5.73 Å². The first-order valence-electron chi connectivity index (χ1n) is 5.92. The molecule has 1 rings (SSSR count). The second kappa shape index (κ2) is 6.26. The standard InChI is InChI=1S/C13H16F2N2O2/c1-3-7(2)11(12(16)18)17-13(19)9-5-4-8(14)6-10(9)15/h4-7,11H,3H2,1-2H3,(H2,16,18)(H,17,19)/t7-,11+/m0/s1. The van der Waals surface area contributed by atoms with Crippen molar-refractivity contribution < 1.29 is 18.4 Å². The molecule has 0 saturated carbocycles. The average Bonchev–Trinajstić information content (AvgIpc) is 2.34. The fourth-order valence-corrected chi connectivity index (χ4v) is 1.62. The van der Waals surface area contributed by atoms with Crippen molar-refractivity contribution in [1.82, 2.24) is 5.32 Å². The van der Waals surface area contributed by atoms with Crippen LogP contribution in [0.3, 0.4) is 0 Å². The van der Waals surface area contributed by atoms with Gasteiger partial charge >= 0.3 is 0 Å². The van der Waals surface area contributed by atoms with Gasteiger partial charge in [-0.05, 0) is 18.1 Å². The molecule has 4 nitrogen and oxygen atoms in total. The maximum atomic E-state index is 13.4. The summed E-state index contributed by atoms with van der Waals surface area (Å²) in [6.45, 7) is 3.59. The van der Waals surface area contributed by atoms with Gasteiger partial charge in [0, 0.05) is 6.07 Å². The molecule has 19 heavy (non-hydrogen) atoms. The molecular weight excluding hydrogens is 254 g/mol. The number of carbonyl (C=O) groups is 2. The molecule has 0 aliphatic carbocycles. The van der Waals surface area contributed by atoms with E-state index in [0.717, 1.165) is 12.1 Å². The van der Waals surface area contributed by atoms with E-state index in [1.54, 1.807) is 6.92 Å². The molecule has 6 heteroatoms. The quantitative estimate of drug-likeness (QED) is 0.853. The predicted octanol–water partition coefficient (Wildman–Crippen LogP) is 1.59. The Kier molecular flexibility index (Phi) is 4.97. The third kappa shape index (κ3) is 3.74. The van der Waals surface area contributed by atoms with Gasteiger partial charge in [-0.15, -0.1) is 0 Å². The molecule has 0 aliphatic heterocycles. The topological polar surface area (TPSA) is 72.2 Å². The highest BCUT2D eigenvalue weighted by Gasteiger charge is 2.25. The van der Waals surface area contributed by atoms with Crippen LogP contribution in [0.5, 0.6) is 0 Å². The second-order valence-corrected chi connectivity index (χ2v) is 4.36. The molecule has 0 saturated heterocycles. The summed E-state index contributed by atoms with van der Waals surface area (Å²) >= 11 is 0. The molecule has 0 aliphatic rings. The highest BCUT2D eigenvalue weighted by Crippen LogP contribution is 2.12. The number of halogens is 2. The van der Waals surface area contributed by atoms with Crippen LogP contribution >= 0.6 is 0 Å². The zero-order valence-corrected chi connectivity index (χ0v) is 10.7. The van der Waals surface area contributed by atoms with Gasteiger partial charge in [-0.1, -0.05) is 20.3 Å². The summed E-state index contributed by atoms with van der Waals surface area (Å²) in [6.07, 6.45) is 0.625. The van der Waals surface area contributed by atoms with Gasteiger partial charge in [-0.25, -0.2) is 8.78 Å². The number of benzene rings is 1. The molecule has 0 fully saturated rings. The fourth-order valence-electron chi connectivity index (χ4n) is 1.62. The lowest BCUT2D eigenvalue weighted by molar-refractivity contribution is -0.120. The highest BCUT2D eigenvalue weighted by atomic mass is 19.1. The number of nitrogens with one attached hydrogen (secondary N) is 1. The van der Waals surface area contributed by atoms with E-state index in [1.807, 2.05) is 6.92 Å². The summed E-state index contributed by atoms with van der Waals surface area (Å²) in [5.41, 5.74) is 4.87. The molecule has 3 N–H and O–H groups in total. The molecule has 1 aromatic rings. The SMILES string of the molecule is CC[C@H](C)[C@@H](NC(=O)c1ccc(F)cc1F)C(N)=O. The van der Waals surface area contributed by atoms with E-state index < -0.39 is 29.5 Å². The smallest absolute Gasteiger partial charge is 0.254 e. The maximum absolute atomic E-state index is 13.4. The number of rotatable bonds is 5. The Morgan fingerprint density at radius 3 is 2.47 bits per heavy atom. The van der Waals surface area contributed by atoms with Crippen LogP contribution in [-0.4, -0.2) is 17.9 Å². The monoisotopic (exact) mass is 270 g/mol. The van der Waals surface area contributed by atoms with Crippen LogP contribution in [0.2, 0.25) is 0 Å². The molecule has 104 valence electrons. The molecule has 0 radical (unpaired) electrons. The molecule has 0 spiro atoms. The maximum Gasteiger partial charge on any atom is 0.254 e. The van der Waals surface area contributed by atoms with Gasteiger partial charge < -0.3 is 11.1 Å². The zero-order valence-electron chi connectivity index (χ0n) is 10.7. The van der Waals surface area contributed by atoms with E-state index >= 15 is 0 Å². The Morgan fingerprint density at radius 1 is 1.37 bits per heavy atom. The Bertz CT molecular complexity index is 492. The van der Waals surface area contributed by atoms with Gasteiger partial charge in [-0.2, -0.15) is 0 Å². The van der Waals surface area contributed by atoms with Crippen LogP contribution in [0.25, 0.3) is 0 Å². The molecule has 2 amide bonds. The third-order valence-corrected chi connectivity index (χ3v) is 2.98. The van der Waals surface area contributed by atoms with Gasteiger partial charge in [0.05, 0.1) is 5.56 Å². The van der Waals surface area contributed by atoms with Crippen molar-refractivity contribution in [3.8, 4) is 0 Å². The lowest BCUT2D eigenvalue weighted by atomic mass is 9.98. The minimum Gasteiger partial charge on any atom is -0.368 e. The highest BCUT2D eigenvalue weighted by molar-refractivity contribution is 5.97. The van der Waals surface area contributed by atoms with Crippen molar-refractivity contribution in [2.24, 2.45) is 11.7 Å². The first kappa shape index (κ1) is 15.1. The fraction of sp³-hybridized carbons (Fsp3) is 0.385. The van der Waals surface area contributed by atoms with Gasteiger partial charge in [0.25, 0.3) is 5.91 Å². The summed E-state index contributed by atoms with van der Waals surface area (Å²) in [5, 5.41) is 2.37. The van der Waals surface area contributed by atoms with E-state index in [2.05, 4.69) is 5.32 Å². The largest absolute Gasteiger partial charge is 0.368 e. The van der Waals surface area contributed by atoms with Crippen LogP contribution in [-0.2, 0) is 4.79 Å². The Hall–Kier alpha value is -1.98. The molecule has 0 aromatic heterocycles. The molecule has 0 heterocycles. The van der Waals surface area contributed by atoms with Crippen LogP contribution in [0, 0.1) is 17.6 Å². The normalized spacial score (nSPS) is 13.7. The first-order chi connectivity index (χ1) is 8.86. The van der Waals surface area contributed by atoms with Crippen LogP contribution in [0.1, 0.15) is 30.6 Å². The third-order valence-electron chi connectivity index (χ3n) is 2.98. The van der Waals surface area contributed by atoms with E-state index in [9.17, 15) is 18.4 Å². The predicted molar refractivity (Wildman–Crippen MR) is 66.3 cm³/mol. The lowest BCUT2D eigenvalue weighted by Gasteiger charge is -2.21. The van der Waals surface area contributed by atoms with E-state index in [-0.39, 0.29) is 11.5 Å². The Morgan fingerprint density at radius 2 is 2.00 bits per heavy atom. The number of carbonyl (C=O) groups excluding carboxylic acids is 2. The molecule has 0 unspecified atom stereocenters. The Labute approximate surface area is 110 Å². The molecule has 1 aromatic carbocycles. The van der Waals surface area contributed by atoms with Crippen molar-refractivity contribution in [2.45, 2.75) is 26.3 Å². The van der Waals surface area contributed by atoms with Gasteiger partial charge in [0.1, 0.15) is 17.7 Å². The average molecular weight is 270 g/mol. The van der Waals surface area contributed by atoms with Crippen molar-refractivity contribution in [2.75, 3.05) is 0 Å². The summed E-state index contributed by atoms with van der Waals surface area (Å²) in [7, 11) is 0. The van der Waals surface area contributed by atoms with Crippen LogP contribution in [0.15, 0.2) is 18.2 Å². The summed E-state index contributed by atoms with van der Waals surface area (Å²) < 4.78 is 26.2. The van der Waals surface area contributed by atoms with Gasteiger partial charge in [-0.3, -0.25) is 9.59 Å². The van der Waals surface area contributed by atoms with Crippen molar-refractivity contribution >= 4 is 11.8 Å². The van der Waals surface area contributed by atoms with Gasteiger partial charge in [0.2, 0.25) is 5.91 Å². The minimum absolute atomic E-state index is 0.176. The molecule has 0 bridgehead atoms.